The highest BCUT2D eigenvalue weighted by molar-refractivity contribution is 6.02. The molecule has 2 unspecified atom stereocenters. The van der Waals surface area contributed by atoms with Gasteiger partial charge < -0.3 is 26.8 Å². The molecule has 1 aliphatic carbocycles. The zero-order valence-corrected chi connectivity index (χ0v) is 30.6. The second-order valence-electron chi connectivity index (χ2n) is 14.4. The number of piperidine rings is 1. The Morgan fingerprint density at radius 1 is 0.981 bits per heavy atom. The minimum absolute atomic E-state index is 0. The van der Waals surface area contributed by atoms with E-state index in [0.717, 1.165) is 53.5 Å². The van der Waals surface area contributed by atoms with E-state index in [9.17, 15) is 14.4 Å². The van der Waals surface area contributed by atoms with Crippen molar-refractivity contribution in [3.63, 3.8) is 0 Å². The lowest BCUT2D eigenvalue weighted by molar-refractivity contribution is -0.127. The monoisotopic (exact) mass is 742 g/mol. The molecule has 2 aliphatic heterocycles. The number of hydrogen-bond acceptors (Lipinski definition) is 10. The maximum atomic E-state index is 14.3. The van der Waals surface area contributed by atoms with Crippen LogP contribution in [0.3, 0.4) is 0 Å². The third-order valence-corrected chi connectivity index (χ3v) is 10.8. The number of aryl methyl sites for hydroxylation is 1. The van der Waals surface area contributed by atoms with Gasteiger partial charge in [-0.1, -0.05) is 24.3 Å². The Hall–Kier alpha value is -4.76. The Morgan fingerprint density at radius 3 is 2.26 bits per heavy atom. The van der Waals surface area contributed by atoms with Crippen LogP contribution in [-0.2, 0) is 20.7 Å². The fourth-order valence-electron chi connectivity index (χ4n) is 7.92. The normalized spacial score (nSPS) is 22.9. The molecule has 7 N–H and O–H groups in total. The van der Waals surface area contributed by atoms with Crippen molar-refractivity contribution in [1.29, 1.82) is 0 Å². The van der Waals surface area contributed by atoms with Crippen LogP contribution in [-0.4, -0.2) is 87.3 Å². The number of ether oxygens (including phenoxy) is 1. The predicted molar refractivity (Wildman–Crippen MR) is 202 cm³/mol. The summed E-state index contributed by atoms with van der Waals surface area (Å²) in [4.78, 5) is 46.7. The number of halogens is 1. The molecule has 15 heteroatoms. The van der Waals surface area contributed by atoms with Crippen LogP contribution in [0.2, 0.25) is 0 Å². The number of hydrogen-bond donors (Lipinski definition) is 5. The molecule has 1 saturated carbocycles. The topological polar surface area (TPSA) is 207 Å². The molecule has 3 amide bonds. The number of tetrazole rings is 1. The Bertz CT molecular complexity index is 1850. The van der Waals surface area contributed by atoms with Crippen LogP contribution in [0.15, 0.2) is 60.8 Å². The zero-order valence-electron chi connectivity index (χ0n) is 29.7. The summed E-state index contributed by atoms with van der Waals surface area (Å²) in [7, 11) is 0. The van der Waals surface area contributed by atoms with Crippen molar-refractivity contribution in [3.05, 3.63) is 77.6 Å². The molecule has 2 aromatic carbocycles. The van der Waals surface area contributed by atoms with Gasteiger partial charge in [-0.15, -0.1) is 17.5 Å². The zero-order chi connectivity index (χ0) is 36.2. The summed E-state index contributed by atoms with van der Waals surface area (Å²) in [5.41, 5.74) is 17.3. The number of aromatic amines is 1. The summed E-state index contributed by atoms with van der Waals surface area (Å²) in [5, 5.41) is 20.7. The minimum Gasteiger partial charge on any atom is -0.378 e. The van der Waals surface area contributed by atoms with E-state index >= 15 is 0 Å². The number of nitrogens with one attached hydrogen (secondary N) is 3. The van der Waals surface area contributed by atoms with Gasteiger partial charge >= 0.3 is 0 Å². The summed E-state index contributed by atoms with van der Waals surface area (Å²) in [5.74, 6) is -0.224. The average molecular weight is 743 g/mol. The van der Waals surface area contributed by atoms with Crippen molar-refractivity contribution >= 4 is 35.8 Å². The lowest BCUT2D eigenvalue weighted by atomic mass is 9.81. The van der Waals surface area contributed by atoms with E-state index in [1.54, 1.807) is 23.2 Å². The summed E-state index contributed by atoms with van der Waals surface area (Å²) >= 11 is 0. The molecular formula is C38H47ClN10O4. The molecule has 0 spiro atoms. The number of carbonyl (C=O) groups is 3. The van der Waals surface area contributed by atoms with Gasteiger partial charge in [-0.3, -0.25) is 24.3 Å². The Kier molecular flexibility index (Phi) is 12.1. The highest BCUT2D eigenvalue weighted by Gasteiger charge is 2.36. The molecule has 53 heavy (non-hydrogen) atoms. The van der Waals surface area contributed by atoms with E-state index in [4.69, 9.17) is 16.2 Å². The van der Waals surface area contributed by atoms with Crippen LogP contribution in [0.1, 0.15) is 60.1 Å². The lowest BCUT2D eigenvalue weighted by Gasteiger charge is -2.40. The first kappa shape index (κ1) is 38.0. The maximum absolute atomic E-state index is 14.3. The average Bonchev–Trinajstić information content (AvgIpc) is 3.70. The van der Waals surface area contributed by atoms with Gasteiger partial charge in [-0.2, -0.15) is 0 Å². The number of primary amides is 1. The molecule has 0 radical (unpaired) electrons. The number of amides is 3. The Balaban J connectivity index is 0.00000481. The predicted octanol–water partition coefficient (Wildman–Crippen LogP) is 3.10. The number of rotatable bonds is 11. The number of pyridine rings is 1. The van der Waals surface area contributed by atoms with Crippen LogP contribution in [0, 0.1) is 18.8 Å². The van der Waals surface area contributed by atoms with Crippen LogP contribution in [0.5, 0.6) is 0 Å². The van der Waals surface area contributed by atoms with Gasteiger partial charge in [0.2, 0.25) is 11.8 Å². The van der Waals surface area contributed by atoms with Crippen LogP contribution in [0.4, 0.5) is 5.69 Å². The van der Waals surface area contributed by atoms with Gasteiger partial charge in [-0.05, 0) is 115 Å². The summed E-state index contributed by atoms with van der Waals surface area (Å²) in [6.07, 6.45) is 6.78. The number of fused-ring (bicyclic) bond motifs is 2. The molecule has 7 rings (SSSR count). The van der Waals surface area contributed by atoms with Crippen LogP contribution < -0.4 is 27.0 Å². The highest BCUT2D eigenvalue weighted by atomic mass is 35.5. The van der Waals surface area contributed by atoms with E-state index in [0.29, 0.717) is 55.7 Å². The van der Waals surface area contributed by atoms with Gasteiger partial charge in [0, 0.05) is 53.5 Å². The largest absolute Gasteiger partial charge is 0.378 e. The van der Waals surface area contributed by atoms with Gasteiger partial charge in [-0.25, -0.2) is 5.10 Å². The number of anilines is 1. The Labute approximate surface area is 314 Å². The molecule has 2 bridgehead atoms. The lowest BCUT2D eigenvalue weighted by Crippen LogP contribution is -2.58. The molecule has 280 valence electrons. The standard InChI is InChI=1S/C38H46N10O4.ClH/c1-22-14-33(37(50)43-28-16-29-20-52-21-30(17-28)42-29)41-19-32(22)25-6-2-23(3-7-25)15-34(35(40)49)48(38(51)27-8-4-24(18-39)5-9-27)31-12-10-26(11-13-31)36-44-46-47-45-36;/h2-3,6-7,10-14,19,24,27-30,34,42H,4-5,8-9,15-18,20-21,39H2,1H3,(H2,40,49)(H,43,50)(H,44,45,46,47);1H/t24-,27-,28?,29?,30?,34-;/m0./s1. The van der Waals surface area contributed by atoms with Crippen molar-refractivity contribution in [3.8, 4) is 22.5 Å². The first-order valence-corrected chi connectivity index (χ1v) is 18.1. The second kappa shape index (κ2) is 16.9. The third kappa shape index (κ3) is 8.73. The van der Waals surface area contributed by atoms with Gasteiger partial charge in [0.05, 0.1) is 13.2 Å². The molecule has 4 aromatic rings. The molecule has 2 aromatic heterocycles. The van der Waals surface area contributed by atoms with Crippen molar-refractivity contribution in [1.82, 2.24) is 36.2 Å². The van der Waals surface area contributed by atoms with Gasteiger partial charge in [0.15, 0.2) is 5.82 Å². The number of aromatic nitrogens is 5. The van der Waals surface area contributed by atoms with Crippen molar-refractivity contribution in [2.24, 2.45) is 23.3 Å². The van der Waals surface area contributed by atoms with Crippen LogP contribution >= 0.6 is 12.4 Å². The first-order chi connectivity index (χ1) is 25.2. The fourth-order valence-corrected chi connectivity index (χ4v) is 7.92. The molecule has 3 atom stereocenters. The number of benzene rings is 2. The summed E-state index contributed by atoms with van der Waals surface area (Å²) in [6, 6.07) is 16.5. The van der Waals surface area contributed by atoms with Crippen molar-refractivity contribution in [2.75, 3.05) is 24.7 Å². The third-order valence-electron chi connectivity index (χ3n) is 10.8. The minimum atomic E-state index is -0.920. The Morgan fingerprint density at radius 2 is 1.66 bits per heavy atom. The second-order valence-corrected chi connectivity index (χ2v) is 14.4. The number of H-pyrrole nitrogens is 1. The highest BCUT2D eigenvalue weighted by Crippen LogP contribution is 2.33. The molecule has 3 aliphatic rings. The molecule has 14 nitrogen and oxygen atoms in total. The van der Waals surface area contributed by atoms with E-state index in [1.165, 1.54) is 0 Å². The number of nitrogens with zero attached hydrogens (tertiary/aromatic N) is 5. The number of carbonyl (C=O) groups excluding carboxylic acids is 3. The summed E-state index contributed by atoms with van der Waals surface area (Å²) in [6.45, 7) is 3.90. The fraction of sp³-hybridized carbons (Fsp3) is 0.447. The van der Waals surface area contributed by atoms with Gasteiger partial charge in [0.1, 0.15) is 11.7 Å². The van der Waals surface area contributed by atoms with Crippen molar-refractivity contribution < 1.29 is 19.1 Å². The first-order valence-electron chi connectivity index (χ1n) is 18.1. The van der Waals surface area contributed by atoms with Gasteiger partial charge in [0.25, 0.3) is 5.91 Å². The summed E-state index contributed by atoms with van der Waals surface area (Å²) < 4.78 is 5.63. The molecular weight excluding hydrogens is 696 g/mol. The SMILES string of the molecule is Cc1cc(C(=O)NC2CC3COCC(C2)N3)ncc1-c1ccc(C[C@@H](C(N)=O)N(c2ccc(-c3nnn[nH]3)cc2)C(=O)[C@H]2CC[C@H](CN)CC2)cc1.Cl. The van der Waals surface area contributed by atoms with E-state index < -0.39 is 11.9 Å². The van der Waals surface area contributed by atoms with Crippen molar-refractivity contribution in [2.45, 2.75) is 76.0 Å². The molecule has 4 heterocycles. The van der Waals surface area contributed by atoms with E-state index in [2.05, 4.69) is 36.2 Å². The van der Waals surface area contributed by atoms with Crippen LogP contribution in [0.25, 0.3) is 22.5 Å². The van der Waals surface area contributed by atoms with E-state index in [1.807, 2.05) is 49.4 Å². The quantitative estimate of drug-likeness (QED) is 0.152. The number of morpholine rings is 1. The van der Waals surface area contributed by atoms with E-state index in [-0.39, 0.29) is 54.7 Å². The maximum Gasteiger partial charge on any atom is 0.270 e. The number of nitrogens with two attached hydrogens (primary N) is 2. The molecule has 3 fully saturated rings. The smallest absolute Gasteiger partial charge is 0.270 e. The molecule has 2 saturated heterocycles.